The van der Waals surface area contributed by atoms with Crippen molar-refractivity contribution in [2.24, 2.45) is 0 Å². The van der Waals surface area contributed by atoms with Gasteiger partial charge in [0.25, 0.3) is 15.9 Å². The van der Waals surface area contributed by atoms with E-state index >= 15 is 0 Å². The number of benzene rings is 2. The Bertz CT molecular complexity index is 1210. The van der Waals surface area contributed by atoms with Crippen molar-refractivity contribution in [3.8, 4) is 11.6 Å². The molecule has 0 radical (unpaired) electrons. The summed E-state index contributed by atoms with van der Waals surface area (Å²) in [7, 11) is -2.48. The van der Waals surface area contributed by atoms with Gasteiger partial charge in [-0.3, -0.25) is 9.52 Å². The van der Waals surface area contributed by atoms with E-state index in [0.717, 1.165) is 5.56 Å². The zero-order valence-electron chi connectivity index (χ0n) is 18.1. The minimum atomic E-state index is -3.95. The molecule has 2 aromatic carbocycles. The molecule has 3 rings (SSSR count). The first-order valence-electron chi connectivity index (χ1n) is 9.96. The molecular formula is C23H25N3O5S. The first-order valence-corrected chi connectivity index (χ1v) is 11.4. The maximum absolute atomic E-state index is 13.0. The molecule has 3 aromatic rings. The second-order valence-electron chi connectivity index (χ2n) is 6.90. The van der Waals surface area contributed by atoms with Gasteiger partial charge in [-0.1, -0.05) is 18.2 Å². The first-order chi connectivity index (χ1) is 15.3. The summed E-state index contributed by atoms with van der Waals surface area (Å²) in [6, 6.07) is 14.8. The van der Waals surface area contributed by atoms with Crippen LogP contribution in [-0.4, -0.2) is 33.0 Å². The number of para-hydroxylation sites is 2. The van der Waals surface area contributed by atoms with Crippen molar-refractivity contribution in [2.75, 3.05) is 18.4 Å². The van der Waals surface area contributed by atoms with Gasteiger partial charge in [-0.15, -0.1) is 0 Å². The van der Waals surface area contributed by atoms with Crippen LogP contribution in [0.3, 0.4) is 0 Å². The number of sulfonamides is 1. The van der Waals surface area contributed by atoms with Crippen LogP contribution >= 0.6 is 0 Å². The van der Waals surface area contributed by atoms with Gasteiger partial charge >= 0.3 is 0 Å². The second kappa shape index (κ2) is 10.1. The summed E-state index contributed by atoms with van der Waals surface area (Å²) in [5, 5.41) is 2.79. The number of nitrogens with one attached hydrogen (secondary N) is 2. The van der Waals surface area contributed by atoms with E-state index in [-0.39, 0.29) is 17.0 Å². The van der Waals surface area contributed by atoms with Crippen LogP contribution in [0, 0.1) is 6.92 Å². The molecule has 9 heteroatoms. The molecule has 2 N–H and O–H groups in total. The Morgan fingerprint density at radius 3 is 2.62 bits per heavy atom. The number of carbonyl (C=O) groups is 1. The van der Waals surface area contributed by atoms with Crippen LogP contribution in [0.1, 0.15) is 28.4 Å². The number of amides is 1. The van der Waals surface area contributed by atoms with Crippen molar-refractivity contribution in [3.05, 3.63) is 77.5 Å². The number of anilines is 1. The number of hydrogen-bond acceptors (Lipinski definition) is 6. The van der Waals surface area contributed by atoms with Crippen molar-refractivity contribution >= 4 is 21.6 Å². The SMILES string of the molecule is CCOc1cc(CNC(=O)c2ccc(C)c(S(=O)(=O)Nc3ccccc3OC)c2)ccn1. The van der Waals surface area contributed by atoms with Gasteiger partial charge in [0.05, 0.1) is 24.3 Å². The summed E-state index contributed by atoms with van der Waals surface area (Å²) in [6.07, 6.45) is 1.60. The molecular weight excluding hydrogens is 430 g/mol. The van der Waals surface area contributed by atoms with Gasteiger partial charge in [-0.25, -0.2) is 13.4 Å². The van der Waals surface area contributed by atoms with Crippen molar-refractivity contribution in [2.45, 2.75) is 25.3 Å². The average molecular weight is 456 g/mol. The highest BCUT2D eigenvalue weighted by molar-refractivity contribution is 7.92. The number of carbonyl (C=O) groups excluding carboxylic acids is 1. The normalized spacial score (nSPS) is 11.0. The van der Waals surface area contributed by atoms with Crippen molar-refractivity contribution < 1.29 is 22.7 Å². The highest BCUT2D eigenvalue weighted by atomic mass is 32.2. The van der Waals surface area contributed by atoms with Gasteiger partial charge in [-0.2, -0.15) is 0 Å². The molecule has 0 bridgehead atoms. The highest BCUT2D eigenvalue weighted by Crippen LogP contribution is 2.27. The lowest BCUT2D eigenvalue weighted by atomic mass is 10.1. The number of aromatic nitrogens is 1. The maximum Gasteiger partial charge on any atom is 0.262 e. The molecule has 0 saturated heterocycles. The molecule has 0 aliphatic heterocycles. The smallest absolute Gasteiger partial charge is 0.262 e. The summed E-state index contributed by atoms with van der Waals surface area (Å²) in [5.41, 5.74) is 1.87. The van der Waals surface area contributed by atoms with Crippen LogP contribution in [0.5, 0.6) is 11.6 Å². The molecule has 8 nitrogen and oxygen atoms in total. The van der Waals surface area contributed by atoms with E-state index in [1.54, 1.807) is 61.7 Å². The lowest BCUT2D eigenvalue weighted by molar-refractivity contribution is 0.0950. The Kier molecular flexibility index (Phi) is 7.32. The highest BCUT2D eigenvalue weighted by Gasteiger charge is 2.20. The zero-order valence-corrected chi connectivity index (χ0v) is 18.9. The van der Waals surface area contributed by atoms with E-state index in [1.165, 1.54) is 13.2 Å². The van der Waals surface area contributed by atoms with Crippen LogP contribution in [0.25, 0.3) is 0 Å². The number of aryl methyl sites for hydroxylation is 1. The molecule has 0 atom stereocenters. The molecule has 32 heavy (non-hydrogen) atoms. The number of pyridine rings is 1. The number of rotatable bonds is 9. The molecule has 168 valence electrons. The van der Waals surface area contributed by atoms with E-state index < -0.39 is 15.9 Å². The van der Waals surface area contributed by atoms with Gasteiger partial charge in [0, 0.05) is 24.4 Å². The third kappa shape index (κ3) is 5.55. The predicted molar refractivity (Wildman–Crippen MR) is 122 cm³/mol. The van der Waals surface area contributed by atoms with Crippen LogP contribution in [0.2, 0.25) is 0 Å². The average Bonchev–Trinajstić information content (AvgIpc) is 2.78. The first kappa shape index (κ1) is 23.1. The minimum absolute atomic E-state index is 0.0126. The predicted octanol–water partition coefficient (Wildman–Crippen LogP) is 3.53. The zero-order chi connectivity index (χ0) is 23.1. The van der Waals surface area contributed by atoms with E-state index in [2.05, 4.69) is 15.0 Å². The Morgan fingerprint density at radius 2 is 1.88 bits per heavy atom. The number of nitrogens with zero attached hydrogens (tertiary/aromatic N) is 1. The molecule has 0 unspecified atom stereocenters. The Hall–Kier alpha value is -3.59. The van der Waals surface area contributed by atoms with Gasteiger partial charge < -0.3 is 14.8 Å². The van der Waals surface area contributed by atoms with E-state index in [9.17, 15) is 13.2 Å². The van der Waals surface area contributed by atoms with Crippen LogP contribution in [-0.2, 0) is 16.6 Å². The fraction of sp³-hybridized carbons (Fsp3) is 0.217. The van der Waals surface area contributed by atoms with Crippen LogP contribution in [0.15, 0.2) is 65.7 Å². The molecule has 0 saturated carbocycles. The molecule has 1 heterocycles. The Balaban J connectivity index is 1.78. The summed E-state index contributed by atoms with van der Waals surface area (Å²) in [6.45, 7) is 4.27. The largest absolute Gasteiger partial charge is 0.495 e. The molecule has 0 spiro atoms. The van der Waals surface area contributed by atoms with Gasteiger partial charge in [0.15, 0.2) is 0 Å². The summed E-state index contributed by atoms with van der Waals surface area (Å²) in [5.74, 6) is 0.477. The molecule has 0 aliphatic rings. The molecule has 0 aliphatic carbocycles. The Labute approximate surface area is 187 Å². The molecule has 0 fully saturated rings. The lowest BCUT2D eigenvalue weighted by Gasteiger charge is -2.14. The molecule has 1 amide bonds. The maximum atomic E-state index is 13.0. The molecule has 1 aromatic heterocycles. The van der Waals surface area contributed by atoms with Gasteiger partial charge in [-0.05, 0) is 55.3 Å². The van der Waals surface area contributed by atoms with E-state index in [4.69, 9.17) is 9.47 Å². The number of ether oxygens (including phenoxy) is 2. The van der Waals surface area contributed by atoms with Gasteiger partial charge in [0.2, 0.25) is 5.88 Å². The fourth-order valence-corrected chi connectivity index (χ4v) is 4.37. The Morgan fingerprint density at radius 1 is 1.09 bits per heavy atom. The monoisotopic (exact) mass is 455 g/mol. The van der Waals surface area contributed by atoms with E-state index in [0.29, 0.717) is 29.5 Å². The van der Waals surface area contributed by atoms with Crippen molar-refractivity contribution in [3.63, 3.8) is 0 Å². The number of hydrogen-bond donors (Lipinski definition) is 2. The third-order valence-electron chi connectivity index (χ3n) is 4.64. The van der Waals surface area contributed by atoms with Crippen LogP contribution < -0.4 is 19.5 Å². The summed E-state index contributed by atoms with van der Waals surface area (Å²) >= 11 is 0. The summed E-state index contributed by atoms with van der Waals surface area (Å²) in [4.78, 5) is 16.8. The second-order valence-corrected chi connectivity index (χ2v) is 8.55. The topological polar surface area (TPSA) is 107 Å². The minimum Gasteiger partial charge on any atom is -0.495 e. The van der Waals surface area contributed by atoms with Crippen molar-refractivity contribution in [1.29, 1.82) is 0 Å². The standard InChI is InChI=1S/C23H25N3O5S/c1-4-31-22-13-17(11-12-24-22)15-25-23(27)18-10-9-16(2)21(14-18)32(28,29)26-19-7-5-6-8-20(19)30-3/h5-14,26H,4,15H2,1-3H3,(H,25,27). The fourth-order valence-electron chi connectivity index (χ4n) is 3.03. The quantitative estimate of drug-likeness (QED) is 0.511. The summed E-state index contributed by atoms with van der Waals surface area (Å²) < 4.78 is 39.2. The van der Waals surface area contributed by atoms with E-state index in [1.807, 2.05) is 6.92 Å². The van der Waals surface area contributed by atoms with Gasteiger partial charge in [0.1, 0.15) is 5.75 Å². The van der Waals surface area contributed by atoms with Crippen LogP contribution in [0.4, 0.5) is 5.69 Å². The number of methoxy groups -OCH3 is 1. The lowest BCUT2D eigenvalue weighted by Crippen LogP contribution is -2.23. The van der Waals surface area contributed by atoms with Crippen molar-refractivity contribution in [1.82, 2.24) is 10.3 Å². The third-order valence-corrected chi connectivity index (χ3v) is 6.14.